The van der Waals surface area contributed by atoms with Crippen molar-refractivity contribution >= 4 is 34.4 Å². The molecule has 1 aromatic heterocycles. The topological polar surface area (TPSA) is 91.6 Å². The smallest absolute Gasteiger partial charge is 0.466 e. The largest absolute Gasteiger partial charge is 0.575 e. The molecule has 0 saturated heterocycles. The lowest BCUT2D eigenvalue weighted by Crippen LogP contribution is -2.19. The Labute approximate surface area is 129 Å². The maximum atomic E-state index is 12.2. The molecule has 0 spiro atoms. The third-order valence-corrected chi connectivity index (χ3v) is 2.80. The maximum absolute atomic E-state index is 12.2. The summed E-state index contributed by atoms with van der Waals surface area (Å²) >= 11 is 1.47. The summed E-state index contributed by atoms with van der Waals surface area (Å²) < 4.78 is 44.6. The van der Waals surface area contributed by atoms with Gasteiger partial charge in [-0.3, -0.25) is 4.79 Å². The van der Waals surface area contributed by atoms with Gasteiger partial charge in [0.25, 0.3) is 0 Å². The van der Waals surface area contributed by atoms with Crippen LogP contribution in [-0.4, -0.2) is 28.8 Å². The van der Waals surface area contributed by atoms with Crippen LogP contribution in [0.3, 0.4) is 0 Å². The van der Waals surface area contributed by atoms with Gasteiger partial charge >= 0.3 is 24.0 Å². The summed E-state index contributed by atoms with van der Waals surface area (Å²) in [5.74, 6) is -2.58. The second-order valence-electron chi connectivity index (χ2n) is 3.54. The molecule has 0 aliphatic rings. The van der Waals surface area contributed by atoms with E-state index in [9.17, 15) is 28.1 Å². The van der Waals surface area contributed by atoms with Crippen molar-refractivity contribution < 1.29 is 32.4 Å². The number of esters is 1. The molecule has 0 atom stereocenters. The van der Waals surface area contributed by atoms with E-state index in [-0.39, 0.29) is 15.7 Å². The van der Waals surface area contributed by atoms with E-state index < -0.39 is 35.4 Å². The minimum Gasteiger partial charge on any atom is -0.466 e. The van der Waals surface area contributed by atoms with Crippen molar-refractivity contribution in [3.8, 4) is 5.88 Å². The number of ether oxygens (including phenoxy) is 2. The van der Waals surface area contributed by atoms with E-state index >= 15 is 0 Å². The maximum Gasteiger partial charge on any atom is 0.575 e. The number of aromatic nitrogens is 1. The first-order valence-electron chi connectivity index (χ1n) is 5.39. The van der Waals surface area contributed by atoms with Gasteiger partial charge in [-0.15, -0.1) is 13.2 Å². The molecule has 0 bridgehead atoms. The van der Waals surface area contributed by atoms with Gasteiger partial charge in [0.05, 0.1) is 18.6 Å². The molecule has 1 aromatic rings. The van der Waals surface area contributed by atoms with Gasteiger partial charge in [0.2, 0.25) is 0 Å². The van der Waals surface area contributed by atoms with Crippen LogP contribution in [0.5, 0.6) is 5.88 Å². The molecule has 0 aliphatic heterocycles. The van der Waals surface area contributed by atoms with Gasteiger partial charge in [-0.2, -0.15) is 0 Å². The number of rotatable bonds is 5. The van der Waals surface area contributed by atoms with Crippen LogP contribution in [0.25, 0.3) is 0 Å². The molecule has 0 N–H and O–H groups in total. The quantitative estimate of drug-likeness (QED) is 0.315. The highest BCUT2D eigenvalue weighted by molar-refractivity contribution is 14.1. The summed E-state index contributed by atoms with van der Waals surface area (Å²) in [6, 6.07) is 1.03. The number of alkyl halides is 3. The fourth-order valence-electron chi connectivity index (χ4n) is 1.34. The molecule has 7 nitrogen and oxygen atoms in total. The van der Waals surface area contributed by atoms with Crippen LogP contribution in [0.4, 0.5) is 19.0 Å². The van der Waals surface area contributed by atoms with Crippen molar-refractivity contribution in [3.05, 3.63) is 25.3 Å². The first kappa shape index (κ1) is 17.4. The molecule has 1 rings (SSSR count). The first-order valence-corrected chi connectivity index (χ1v) is 6.47. The Morgan fingerprint density at radius 3 is 2.62 bits per heavy atom. The predicted octanol–water partition coefficient (Wildman–Crippen LogP) is 2.60. The molecule has 116 valence electrons. The second kappa shape index (κ2) is 6.87. The van der Waals surface area contributed by atoms with Crippen molar-refractivity contribution in [2.75, 3.05) is 6.61 Å². The Morgan fingerprint density at radius 1 is 1.52 bits per heavy atom. The van der Waals surface area contributed by atoms with Crippen LogP contribution >= 0.6 is 22.6 Å². The third kappa shape index (κ3) is 5.32. The molecule has 0 radical (unpaired) electrons. The minimum atomic E-state index is -5.02. The fraction of sp³-hybridized carbons (Fsp3) is 0.400. The molecule has 21 heavy (non-hydrogen) atoms. The Hall–Kier alpha value is -1.66. The van der Waals surface area contributed by atoms with E-state index in [0.717, 1.165) is 6.07 Å². The number of carbonyl (C=O) groups is 1. The van der Waals surface area contributed by atoms with Gasteiger partial charge in [0, 0.05) is 4.98 Å². The van der Waals surface area contributed by atoms with Crippen LogP contribution < -0.4 is 4.74 Å². The molecule has 0 unspecified atom stereocenters. The fourth-order valence-corrected chi connectivity index (χ4v) is 1.94. The highest BCUT2D eigenvalue weighted by Crippen LogP contribution is 2.30. The number of nitrogens with zero attached hydrogens (tertiary/aromatic N) is 2. The number of carbonyl (C=O) groups excluding carboxylic acids is 1. The Balaban J connectivity index is 3.18. The van der Waals surface area contributed by atoms with Crippen LogP contribution in [0.15, 0.2) is 6.07 Å². The van der Waals surface area contributed by atoms with Crippen molar-refractivity contribution in [2.45, 2.75) is 19.7 Å². The molecule has 1 heterocycles. The molecule has 0 aliphatic carbocycles. The van der Waals surface area contributed by atoms with Gasteiger partial charge in [0.1, 0.15) is 3.57 Å². The zero-order valence-electron chi connectivity index (χ0n) is 10.4. The number of hydrogen-bond donors (Lipinski definition) is 0. The predicted molar refractivity (Wildman–Crippen MR) is 70.6 cm³/mol. The average molecular weight is 420 g/mol. The van der Waals surface area contributed by atoms with Crippen LogP contribution in [0, 0.1) is 13.7 Å². The van der Waals surface area contributed by atoms with E-state index in [1.54, 1.807) is 6.92 Å². The molecule has 0 saturated carbocycles. The number of halogens is 4. The minimum absolute atomic E-state index is 0.0758. The van der Waals surface area contributed by atoms with Gasteiger partial charge in [-0.1, -0.05) is 0 Å². The number of pyridine rings is 1. The highest BCUT2D eigenvalue weighted by Gasteiger charge is 2.36. The summed E-state index contributed by atoms with van der Waals surface area (Å²) in [6.07, 6.45) is -5.50. The lowest BCUT2D eigenvalue weighted by molar-refractivity contribution is -0.390. The molecule has 0 fully saturated rings. The molecular formula is C10H8F3IN2O5. The Kier molecular flexibility index (Phi) is 5.69. The zero-order valence-corrected chi connectivity index (χ0v) is 12.6. The van der Waals surface area contributed by atoms with Crippen LogP contribution in [0.1, 0.15) is 12.5 Å². The highest BCUT2D eigenvalue weighted by atomic mass is 127. The lowest BCUT2D eigenvalue weighted by Gasteiger charge is -2.08. The van der Waals surface area contributed by atoms with Gasteiger partial charge in [-0.25, -0.2) is 0 Å². The number of nitro groups is 1. The second-order valence-corrected chi connectivity index (χ2v) is 4.71. The van der Waals surface area contributed by atoms with Gasteiger partial charge in [-0.05, 0) is 40.5 Å². The summed E-state index contributed by atoms with van der Waals surface area (Å²) in [7, 11) is 0. The van der Waals surface area contributed by atoms with Crippen molar-refractivity contribution in [1.82, 2.24) is 4.98 Å². The molecule has 0 amide bonds. The Morgan fingerprint density at radius 2 is 2.14 bits per heavy atom. The van der Waals surface area contributed by atoms with Crippen LogP contribution in [0.2, 0.25) is 0 Å². The van der Waals surface area contributed by atoms with E-state index in [0.29, 0.717) is 0 Å². The van der Waals surface area contributed by atoms with E-state index in [1.807, 2.05) is 0 Å². The first-order chi connectivity index (χ1) is 9.64. The van der Waals surface area contributed by atoms with Crippen molar-refractivity contribution in [1.29, 1.82) is 0 Å². The van der Waals surface area contributed by atoms with Crippen molar-refractivity contribution in [3.63, 3.8) is 0 Å². The molecule has 0 aromatic carbocycles. The van der Waals surface area contributed by atoms with Crippen molar-refractivity contribution in [2.24, 2.45) is 0 Å². The van der Waals surface area contributed by atoms with Gasteiger partial charge < -0.3 is 19.6 Å². The molecule has 11 heteroatoms. The third-order valence-electron chi connectivity index (χ3n) is 2.03. The summed E-state index contributed by atoms with van der Waals surface area (Å²) in [4.78, 5) is 24.4. The molecular weight excluding hydrogens is 412 g/mol. The normalized spacial score (nSPS) is 11.1. The van der Waals surface area contributed by atoms with E-state index in [2.05, 4.69) is 14.5 Å². The SMILES string of the molecule is CCOC(=O)Cc1cc(I)c(OC(F)(F)F)nc1[N+](=O)[O-]. The Bertz CT molecular complexity index is 564. The van der Waals surface area contributed by atoms with Gasteiger partial charge in [0.15, 0.2) is 0 Å². The lowest BCUT2D eigenvalue weighted by atomic mass is 10.2. The van der Waals surface area contributed by atoms with E-state index in [4.69, 9.17) is 0 Å². The summed E-state index contributed by atoms with van der Waals surface area (Å²) in [5, 5.41) is 10.8. The van der Waals surface area contributed by atoms with Crippen LogP contribution in [-0.2, 0) is 16.0 Å². The summed E-state index contributed by atoms with van der Waals surface area (Å²) in [6.45, 7) is 1.63. The zero-order chi connectivity index (χ0) is 16.2. The number of hydrogen-bond acceptors (Lipinski definition) is 6. The standard InChI is InChI=1S/C10H8F3IN2O5/c1-2-20-7(17)4-5-3-6(14)9(21-10(11,12)13)15-8(5)16(18)19/h3H,2,4H2,1H3. The van der Waals surface area contributed by atoms with E-state index in [1.165, 1.54) is 22.6 Å². The summed E-state index contributed by atoms with van der Waals surface area (Å²) in [5.41, 5.74) is -0.155. The monoisotopic (exact) mass is 420 g/mol. The average Bonchev–Trinajstić information content (AvgIpc) is 2.30.